The van der Waals surface area contributed by atoms with Gasteiger partial charge in [-0.2, -0.15) is 4.31 Å². The molecule has 1 aromatic heterocycles. The average Bonchev–Trinajstić information content (AvgIpc) is 2.80. The molecule has 0 spiro atoms. The van der Waals surface area contributed by atoms with Gasteiger partial charge in [-0.3, -0.25) is 4.90 Å². The van der Waals surface area contributed by atoms with Crippen LogP contribution in [0.4, 0.5) is 0 Å². The van der Waals surface area contributed by atoms with Crippen LogP contribution in [0.1, 0.15) is 11.3 Å². The van der Waals surface area contributed by atoms with Crippen LogP contribution in [0.3, 0.4) is 0 Å². The van der Waals surface area contributed by atoms with Gasteiger partial charge in [0, 0.05) is 49.3 Å². The fourth-order valence-corrected chi connectivity index (χ4v) is 3.78. The van der Waals surface area contributed by atoms with Gasteiger partial charge in [0.2, 0.25) is 10.0 Å². The van der Waals surface area contributed by atoms with E-state index >= 15 is 0 Å². The Bertz CT molecular complexity index is 743. The quantitative estimate of drug-likeness (QED) is 0.936. The highest BCUT2D eigenvalue weighted by Crippen LogP contribution is 2.21. The smallest absolute Gasteiger partial charge is 0.211 e. The van der Waals surface area contributed by atoms with Gasteiger partial charge in [0.1, 0.15) is 0 Å². The number of fused-ring (bicyclic) bond motifs is 1. The lowest BCUT2D eigenvalue weighted by molar-refractivity contribution is 0.182. The van der Waals surface area contributed by atoms with E-state index in [0.717, 1.165) is 19.6 Å². The molecular weight excluding hydrogens is 286 g/mol. The second-order valence-electron chi connectivity index (χ2n) is 5.77. The number of hydrogen-bond donors (Lipinski definition) is 1. The molecule has 1 fully saturated rings. The molecule has 2 heterocycles. The fraction of sp³-hybridized carbons (Fsp3) is 0.467. The highest BCUT2D eigenvalue weighted by Gasteiger charge is 2.23. The van der Waals surface area contributed by atoms with E-state index in [1.54, 1.807) is 4.31 Å². The Morgan fingerprint density at radius 3 is 2.57 bits per heavy atom. The maximum Gasteiger partial charge on any atom is 0.211 e. The maximum atomic E-state index is 11.5. The van der Waals surface area contributed by atoms with Crippen molar-refractivity contribution < 1.29 is 8.42 Å². The van der Waals surface area contributed by atoms with Crippen LogP contribution in [-0.4, -0.2) is 55.0 Å². The molecule has 0 saturated carbocycles. The summed E-state index contributed by atoms with van der Waals surface area (Å²) in [5, 5.41) is 1.26. The van der Waals surface area contributed by atoms with Gasteiger partial charge in [-0.25, -0.2) is 8.42 Å². The summed E-state index contributed by atoms with van der Waals surface area (Å²) >= 11 is 0. The van der Waals surface area contributed by atoms with Crippen molar-refractivity contribution in [1.82, 2.24) is 14.2 Å². The first-order valence-electron chi connectivity index (χ1n) is 7.18. The molecule has 2 aromatic rings. The molecule has 114 valence electrons. The molecule has 1 aliphatic heterocycles. The first-order valence-corrected chi connectivity index (χ1v) is 9.03. The summed E-state index contributed by atoms with van der Waals surface area (Å²) in [4.78, 5) is 5.68. The Balaban J connectivity index is 1.73. The Morgan fingerprint density at radius 1 is 1.19 bits per heavy atom. The minimum Gasteiger partial charge on any atom is -0.359 e. The Morgan fingerprint density at radius 2 is 1.90 bits per heavy atom. The molecule has 3 rings (SSSR count). The molecule has 1 saturated heterocycles. The standard InChI is InChI=1S/C15H21N3O2S/c1-12-10-14-13(4-3-5-15(14)16-12)11-17-6-8-18(9-7-17)21(2,19)20/h3-5,10,16H,6-9,11H2,1-2H3. The van der Waals surface area contributed by atoms with E-state index in [2.05, 4.69) is 41.1 Å². The summed E-state index contributed by atoms with van der Waals surface area (Å²) in [6.45, 7) is 5.67. The van der Waals surface area contributed by atoms with Crippen molar-refractivity contribution in [2.75, 3.05) is 32.4 Å². The largest absolute Gasteiger partial charge is 0.359 e. The zero-order valence-electron chi connectivity index (χ0n) is 12.5. The first-order chi connectivity index (χ1) is 9.93. The molecule has 0 radical (unpaired) electrons. The lowest BCUT2D eigenvalue weighted by Gasteiger charge is -2.33. The number of piperazine rings is 1. The number of aromatic amines is 1. The minimum absolute atomic E-state index is 0.584. The predicted octanol–water partition coefficient (Wildman–Crippen LogP) is 1.55. The number of nitrogens with zero attached hydrogens (tertiary/aromatic N) is 2. The van der Waals surface area contributed by atoms with Crippen LogP contribution in [0.15, 0.2) is 24.3 Å². The third-order valence-electron chi connectivity index (χ3n) is 4.08. The monoisotopic (exact) mass is 307 g/mol. The zero-order valence-corrected chi connectivity index (χ0v) is 13.3. The van der Waals surface area contributed by atoms with Gasteiger partial charge < -0.3 is 4.98 Å². The van der Waals surface area contributed by atoms with Crippen molar-refractivity contribution in [2.24, 2.45) is 0 Å². The number of nitrogens with one attached hydrogen (secondary N) is 1. The normalized spacial score (nSPS) is 18.4. The SMILES string of the molecule is Cc1cc2c(CN3CCN(S(C)(=O)=O)CC3)cccc2[nH]1. The van der Waals surface area contributed by atoms with Gasteiger partial charge in [0.25, 0.3) is 0 Å². The van der Waals surface area contributed by atoms with Crippen LogP contribution in [0.25, 0.3) is 10.9 Å². The molecule has 0 amide bonds. The number of sulfonamides is 1. The molecule has 1 aliphatic rings. The molecule has 0 atom stereocenters. The second kappa shape index (κ2) is 5.44. The lowest BCUT2D eigenvalue weighted by Crippen LogP contribution is -2.47. The molecular formula is C15H21N3O2S. The Labute approximate surface area is 125 Å². The van der Waals surface area contributed by atoms with Gasteiger partial charge in [-0.05, 0) is 24.6 Å². The molecule has 0 aliphatic carbocycles. The predicted molar refractivity (Wildman–Crippen MR) is 84.7 cm³/mol. The van der Waals surface area contributed by atoms with Gasteiger partial charge in [-0.15, -0.1) is 0 Å². The topological polar surface area (TPSA) is 56.4 Å². The van der Waals surface area contributed by atoms with Crippen LogP contribution >= 0.6 is 0 Å². The van der Waals surface area contributed by atoms with E-state index in [1.165, 1.54) is 28.4 Å². The Hall–Kier alpha value is -1.37. The number of hydrogen-bond acceptors (Lipinski definition) is 3. The van der Waals surface area contributed by atoms with Crippen LogP contribution < -0.4 is 0 Å². The molecule has 5 nitrogen and oxygen atoms in total. The highest BCUT2D eigenvalue weighted by molar-refractivity contribution is 7.88. The number of aryl methyl sites for hydroxylation is 1. The van der Waals surface area contributed by atoms with E-state index < -0.39 is 10.0 Å². The third kappa shape index (κ3) is 3.12. The van der Waals surface area contributed by atoms with Crippen LogP contribution in [0.2, 0.25) is 0 Å². The van der Waals surface area contributed by atoms with Crippen molar-refractivity contribution in [3.8, 4) is 0 Å². The van der Waals surface area contributed by atoms with Crippen molar-refractivity contribution in [2.45, 2.75) is 13.5 Å². The third-order valence-corrected chi connectivity index (χ3v) is 5.39. The molecule has 1 aromatic carbocycles. The van der Waals surface area contributed by atoms with E-state index in [1.807, 2.05) is 0 Å². The van der Waals surface area contributed by atoms with Crippen molar-refractivity contribution in [3.05, 3.63) is 35.5 Å². The average molecular weight is 307 g/mol. The van der Waals surface area contributed by atoms with E-state index in [4.69, 9.17) is 0 Å². The van der Waals surface area contributed by atoms with Crippen molar-refractivity contribution in [1.29, 1.82) is 0 Å². The summed E-state index contributed by atoms with van der Waals surface area (Å²) in [5.74, 6) is 0. The Kier molecular flexibility index (Phi) is 3.77. The number of benzene rings is 1. The lowest BCUT2D eigenvalue weighted by atomic mass is 10.1. The summed E-state index contributed by atoms with van der Waals surface area (Å²) in [6.07, 6.45) is 1.28. The van der Waals surface area contributed by atoms with Crippen molar-refractivity contribution in [3.63, 3.8) is 0 Å². The van der Waals surface area contributed by atoms with Crippen LogP contribution in [-0.2, 0) is 16.6 Å². The molecule has 1 N–H and O–H groups in total. The summed E-state index contributed by atoms with van der Waals surface area (Å²) < 4.78 is 24.6. The van der Waals surface area contributed by atoms with Crippen molar-refractivity contribution >= 4 is 20.9 Å². The highest BCUT2D eigenvalue weighted by atomic mass is 32.2. The minimum atomic E-state index is -3.05. The number of rotatable bonds is 3. The van der Waals surface area contributed by atoms with Gasteiger partial charge in [0.15, 0.2) is 0 Å². The molecule has 0 bridgehead atoms. The summed E-state index contributed by atoms with van der Waals surface area (Å²) in [7, 11) is -3.05. The summed E-state index contributed by atoms with van der Waals surface area (Å²) in [5.41, 5.74) is 3.63. The number of aromatic nitrogens is 1. The first kappa shape index (κ1) is 14.6. The summed E-state index contributed by atoms with van der Waals surface area (Å²) in [6, 6.07) is 8.49. The zero-order chi connectivity index (χ0) is 15.0. The van der Waals surface area contributed by atoms with Crippen LogP contribution in [0, 0.1) is 6.92 Å². The van der Waals surface area contributed by atoms with Gasteiger partial charge >= 0.3 is 0 Å². The van der Waals surface area contributed by atoms with Gasteiger partial charge in [0.05, 0.1) is 6.26 Å². The van der Waals surface area contributed by atoms with Crippen LogP contribution in [0.5, 0.6) is 0 Å². The van der Waals surface area contributed by atoms with E-state index in [0.29, 0.717) is 13.1 Å². The van der Waals surface area contributed by atoms with E-state index in [-0.39, 0.29) is 0 Å². The van der Waals surface area contributed by atoms with E-state index in [9.17, 15) is 8.42 Å². The molecule has 6 heteroatoms. The van der Waals surface area contributed by atoms with Gasteiger partial charge in [-0.1, -0.05) is 12.1 Å². The molecule has 0 unspecified atom stereocenters. The second-order valence-corrected chi connectivity index (χ2v) is 7.75. The maximum absolute atomic E-state index is 11.5. The fourth-order valence-electron chi connectivity index (χ4n) is 2.96. The molecule has 21 heavy (non-hydrogen) atoms. The number of H-pyrrole nitrogens is 1.